The van der Waals surface area contributed by atoms with E-state index in [1.807, 2.05) is 38.3 Å². The molecule has 0 aliphatic heterocycles. The quantitative estimate of drug-likeness (QED) is 0.565. The van der Waals surface area contributed by atoms with Crippen LogP contribution in [0.3, 0.4) is 0 Å². The Bertz CT molecular complexity index is 758. The lowest BCUT2D eigenvalue weighted by atomic mass is 10.1. The number of benzene rings is 1. The minimum atomic E-state index is -0.00692. The fraction of sp³-hybridized carbons (Fsp3) is 0.421. The van der Waals surface area contributed by atoms with E-state index in [0.717, 1.165) is 27.7 Å². The van der Waals surface area contributed by atoms with Gasteiger partial charge in [0.1, 0.15) is 0 Å². The number of nitrogens with zero attached hydrogens (tertiary/aromatic N) is 2. The Balaban J connectivity index is 1.92. The summed E-state index contributed by atoms with van der Waals surface area (Å²) in [6, 6.07) is 5.60. The molecule has 0 radical (unpaired) electrons. The zero-order valence-corrected chi connectivity index (χ0v) is 16.7. The molecule has 0 spiro atoms. The Morgan fingerprint density at radius 2 is 1.77 bits per heavy atom. The zero-order valence-electron chi connectivity index (χ0n) is 15.9. The maximum absolute atomic E-state index is 12.2. The zero-order chi connectivity index (χ0) is 19.1. The second kappa shape index (κ2) is 9.43. The van der Waals surface area contributed by atoms with Gasteiger partial charge in [-0.3, -0.25) is 4.79 Å². The predicted octanol–water partition coefficient (Wildman–Crippen LogP) is 3.08. The van der Waals surface area contributed by atoms with Gasteiger partial charge in [0, 0.05) is 24.4 Å². The lowest BCUT2D eigenvalue weighted by molar-refractivity contribution is -0.121. The van der Waals surface area contributed by atoms with E-state index in [9.17, 15) is 4.79 Å². The third-order valence-corrected chi connectivity index (χ3v) is 4.67. The fourth-order valence-electron chi connectivity index (χ4n) is 2.68. The van der Waals surface area contributed by atoms with Gasteiger partial charge in [0.25, 0.3) is 0 Å². The summed E-state index contributed by atoms with van der Waals surface area (Å²) in [7, 11) is 3.19. The molecular formula is C19H25N3O3S. The van der Waals surface area contributed by atoms with E-state index in [0.29, 0.717) is 30.9 Å². The van der Waals surface area contributed by atoms with Crippen molar-refractivity contribution in [3.8, 4) is 11.5 Å². The first-order valence-electron chi connectivity index (χ1n) is 8.34. The number of carbonyl (C=O) groups is 1. The standard InChI is InChI=1S/C19H25N3O3S/c1-12-15(13(2)22-19(21-12)26-5)7-9-18(23)20-11-14-6-8-16(24-3)17(10-14)25-4/h6,8,10H,7,9,11H2,1-5H3,(H,20,23). The number of hydrogen-bond donors (Lipinski definition) is 1. The van der Waals surface area contributed by atoms with Crippen LogP contribution in [0.15, 0.2) is 23.4 Å². The van der Waals surface area contributed by atoms with Gasteiger partial charge in [0.05, 0.1) is 14.2 Å². The molecular weight excluding hydrogens is 350 g/mol. The van der Waals surface area contributed by atoms with Crippen molar-refractivity contribution in [2.75, 3.05) is 20.5 Å². The third-order valence-electron chi connectivity index (χ3n) is 4.12. The summed E-state index contributed by atoms with van der Waals surface area (Å²) < 4.78 is 10.5. The summed E-state index contributed by atoms with van der Waals surface area (Å²) in [6.07, 6.45) is 2.98. The normalized spacial score (nSPS) is 10.5. The van der Waals surface area contributed by atoms with E-state index in [2.05, 4.69) is 15.3 Å². The number of hydrogen-bond acceptors (Lipinski definition) is 6. The van der Waals surface area contributed by atoms with Crippen LogP contribution < -0.4 is 14.8 Å². The van der Waals surface area contributed by atoms with Crippen LogP contribution in [0.5, 0.6) is 11.5 Å². The molecule has 0 fully saturated rings. The van der Waals surface area contributed by atoms with Crippen molar-refractivity contribution in [1.29, 1.82) is 0 Å². The van der Waals surface area contributed by atoms with Gasteiger partial charge in [-0.05, 0) is 49.8 Å². The number of aryl methyl sites for hydroxylation is 2. The molecule has 7 heteroatoms. The molecule has 1 aromatic heterocycles. The maximum atomic E-state index is 12.2. The van der Waals surface area contributed by atoms with Gasteiger partial charge in [0.2, 0.25) is 5.91 Å². The van der Waals surface area contributed by atoms with Gasteiger partial charge >= 0.3 is 0 Å². The van der Waals surface area contributed by atoms with Crippen LogP contribution in [0.1, 0.15) is 28.9 Å². The highest BCUT2D eigenvalue weighted by atomic mass is 32.2. The number of thioether (sulfide) groups is 1. The minimum Gasteiger partial charge on any atom is -0.493 e. The van der Waals surface area contributed by atoms with Gasteiger partial charge < -0.3 is 14.8 Å². The lowest BCUT2D eigenvalue weighted by Gasteiger charge is -2.11. The molecule has 2 aromatic rings. The molecule has 1 heterocycles. The van der Waals surface area contributed by atoms with E-state index < -0.39 is 0 Å². The van der Waals surface area contributed by atoms with Crippen molar-refractivity contribution in [2.24, 2.45) is 0 Å². The van der Waals surface area contributed by atoms with Crippen molar-refractivity contribution < 1.29 is 14.3 Å². The Morgan fingerprint density at radius 3 is 2.35 bits per heavy atom. The summed E-state index contributed by atoms with van der Waals surface area (Å²) in [4.78, 5) is 21.1. The van der Waals surface area contributed by atoms with E-state index in [-0.39, 0.29) is 5.91 Å². The molecule has 0 saturated heterocycles. The molecule has 2 rings (SSSR count). The van der Waals surface area contributed by atoms with E-state index in [1.54, 1.807) is 14.2 Å². The fourth-order valence-corrected chi connectivity index (χ4v) is 3.14. The predicted molar refractivity (Wildman–Crippen MR) is 103 cm³/mol. The first-order chi connectivity index (χ1) is 12.5. The van der Waals surface area contributed by atoms with Crippen LogP contribution in [0.2, 0.25) is 0 Å². The van der Waals surface area contributed by atoms with Crippen LogP contribution in [-0.2, 0) is 17.8 Å². The van der Waals surface area contributed by atoms with Crippen LogP contribution in [0, 0.1) is 13.8 Å². The monoisotopic (exact) mass is 375 g/mol. The summed E-state index contributed by atoms with van der Waals surface area (Å²) in [6.45, 7) is 4.37. The van der Waals surface area contributed by atoms with Crippen molar-refractivity contribution in [2.45, 2.75) is 38.4 Å². The summed E-state index contributed by atoms with van der Waals surface area (Å²) >= 11 is 1.52. The molecule has 0 bridgehead atoms. The Kier molecular flexibility index (Phi) is 7.26. The Hall–Kier alpha value is -2.28. The van der Waals surface area contributed by atoms with Crippen molar-refractivity contribution >= 4 is 17.7 Å². The average Bonchev–Trinajstić information content (AvgIpc) is 2.65. The Labute approximate surface area is 158 Å². The van der Waals surface area contributed by atoms with Crippen LogP contribution in [0.25, 0.3) is 0 Å². The minimum absolute atomic E-state index is 0.00692. The van der Waals surface area contributed by atoms with Crippen molar-refractivity contribution in [1.82, 2.24) is 15.3 Å². The van der Waals surface area contributed by atoms with Gasteiger partial charge in [-0.25, -0.2) is 9.97 Å². The molecule has 0 unspecified atom stereocenters. The largest absolute Gasteiger partial charge is 0.493 e. The molecule has 1 aromatic carbocycles. The highest BCUT2D eigenvalue weighted by molar-refractivity contribution is 7.98. The van der Waals surface area contributed by atoms with Crippen LogP contribution >= 0.6 is 11.8 Å². The molecule has 1 amide bonds. The van der Waals surface area contributed by atoms with Gasteiger partial charge in [-0.2, -0.15) is 0 Å². The molecule has 0 aliphatic rings. The molecule has 26 heavy (non-hydrogen) atoms. The summed E-state index contributed by atoms with van der Waals surface area (Å²) in [5.74, 6) is 1.31. The molecule has 140 valence electrons. The first kappa shape index (κ1) is 20.0. The van der Waals surface area contributed by atoms with E-state index in [4.69, 9.17) is 9.47 Å². The van der Waals surface area contributed by atoms with Gasteiger partial charge in [0.15, 0.2) is 16.7 Å². The summed E-state index contributed by atoms with van der Waals surface area (Å²) in [5.41, 5.74) is 3.88. The van der Waals surface area contributed by atoms with E-state index >= 15 is 0 Å². The molecule has 1 N–H and O–H groups in total. The number of aromatic nitrogens is 2. The van der Waals surface area contributed by atoms with E-state index in [1.165, 1.54) is 11.8 Å². The second-order valence-corrected chi connectivity index (χ2v) is 6.60. The molecule has 0 atom stereocenters. The lowest BCUT2D eigenvalue weighted by Crippen LogP contribution is -2.23. The van der Waals surface area contributed by atoms with Crippen molar-refractivity contribution in [3.05, 3.63) is 40.7 Å². The SMILES string of the molecule is COc1ccc(CNC(=O)CCc2c(C)nc(SC)nc2C)cc1OC. The van der Waals surface area contributed by atoms with Gasteiger partial charge in [-0.1, -0.05) is 17.8 Å². The highest BCUT2D eigenvalue weighted by Gasteiger charge is 2.11. The second-order valence-electron chi connectivity index (χ2n) is 5.83. The number of ether oxygens (including phenoxy) is 2. The maximum Gasteiger partial charge on any atom is 0.220 e. The molecule has 6 nitrogen and oxygen atoms in total. The number of carbonyl (C=O) groups excluding carboxylic acids is 1. The highest BCUT2D eigenvalue weighted by Crippen LogP contribution is 2.27. The average molecular weight is 375 g/mol. The van der Waals surface area contributed by atoms with Crippen LogP contribution in [-0.4, -0.2) is 36.4 Å². The molecule has 0 saturated carbocycles. The number of rotatable bonds is 8. The topological polar surface area (TPSA) is 73.3 Å². The van der Waals surface area contributed by atoms with Crippen molar-refractivity contribution in [3.63, 3.8) is 0 Å². The van der Waals surface area contributed by atoms with Gasteiger partial charge in [-0.15, -0.1) is 0 Å². The number of nitrogens with one attached hydrogen (secondary N) is 1. The number of methoxy groups -OCH3 is 2. The Morgan fingerprint density at radius 1 is 1.12 bits per heavy atom. The first-order valence-corrected chi connectivity index (χ1v) is 9.56. The summed E-state index contributed by atoms with van der Waals surface area (Å²) in [5, 5.41) is 3.70. The van der Waals surface area contributed by atoms with Crippen LogP contribution in [0.4, 0.5) is 0 Å². The number of amides is 1. The third kappa shape index (κ3) is 5.11. The smallest absolute Gasteiger partial charge is 0.220 e. The molecule has 0 aliphatic carbocycles.